The lowest BCUT2D eigenvalue weighted by Gasteiger charge is -2.29. The maximum Gasteiger partial charge on any atom is 0.322 e. The summed E-state index contributed by atoms with van der Waals surface area (Å²) in [6, 6.07) is -5.04. The zero-order chi connectivity index (χ0) is 34.1. The van der Waals surface area contributed by atoms with Gasteiger partial charge in [0.15, 0.2) is 5.96 Å². The van der Waals surface area contributed by atoms with Gasteiger partial charge in [-0.1, -0.05) is 48.0 Å². The van der Waals surface area contributed by atoms with E-state index in [9.17, 15) is 28.8 Å². The van der Waals surface area contributed by atoms with E-state index in [2.05, 4.69) is 31.6 Å². The fourth-order valence-electron chi connectivity index (χ4n) is 3.95. The number of hydrogen-bond donors (Lipinski definition) is 9. The summed E-state index contributed by atoms with van der Waals surface area (Å²) in [5, 5.41) is 21.6. The minimum absolute atomic E-state index is 0.0197. The first-order valence-electron chi connectivity index (χ1n) is 14.9. The molecule has 0 aromatic carbocycles. The van der Waals surface area contributed by atoms with Crippen molar-refractivity contribution in [1.29, 1.82) is 0 Å². The van der Waals surface area contributed by atoms with Crippen molar-refractivity contribution in [3.8, 4) is 0 Å². The van der Waals surface area contributed by atoms with Gasteiger partial charge in [0.1, 0.15) is 30.7 Å². The van der Waals surface area contributed by atoms with Gasteiger partial charge in [-0.3, -0.25) is 33.8 Å². The molecule has 12 N–H and O–H groups in total. The summed E-state index contributed by atoms with van der Waals surface area (Å²) >= 11 is 0. The Balaban J connectivity index is 5.67. The molecule has 252 valence electrons. The number of hydrogen-bond acceptors (Lipinski definition) is 8. The second-order valence-electron chi connectivity index (χ2n) is 11.7. The Bertz CT molecular complexity index is 1020. The van der Waals surface area contributed by atoms with E-state index in [-0.39, 0.29) is 43.1 Å². The number of amides is 5. The van der Waals surface area contributed by atoms with Gasteiger partial charge in [0, 0.05) is 6.54 Å². The standard InChI is InChI=1S/C28H53N9O7/c1-8-16(6)22(37-26(43)21(29)15(4)5)27(44)36-19(12-14(2)3)25(42)34-17(7)23(40)35-18(10-9-11-32-28(30)31)24(41)33-13-20(38)39/h14-19,21-22H,8-13,29H2,1-7H3,(H,33,41)(H,34,42)(H,35,40)(H,36,44)(H,37,43)(H,38,39)(H4,30,31,32)/t16-,17-,18-,19-,21-,22-/m0/s1. The number of guanidine groups is 1. The molecule has 0 bridgehead atoms. The van der Waals surface area contributed by atoms with E-state index in [4.69, 9.17) is 22.3 Å². The first-order chi connectivity index (χ1) is 20.4. The highest BCUT2D eigenvalue weighted by atomic mass is 16.4. The molecule has 16 nitrogen and oxygen atoms in total. The molecule has 0 radical (unpaired) electrons. The first kappa shape index (κ1) is 40.1. The van der Waals surface area contributed by atoms with E-state index in [1.54, 1.807) is 20.8 Å². The van der Waals surface area contributed by atoms with Crippen LogP contribution in [0.15, 0.2) is 4.99 Å². The fraction of sp³-hybridized carbons (Fsp3) is 0.750. The van der Waals surface area contributed by atoms with E-state index in [0.717, 1.165) is 0 Å². The third kappa shape index (κ3) is 15.5. The predicted molar refractivity (Wildman–Crippen MR) is 166 cm³/mol. The Morgan fingerprint density at radius 1 is 0.773 bits per heavy atom. The molecule has 0 unspecified atom stereocenters. The molecule has 0 aliphatic heterocycles. The summed E-state index contributed by atoms with van der Waals surface area (Å²) in [5.41, 5.74) is 16.6. The molecule has 0 aliphatic rings. The van der Waals surface area contributed by atoms with E-state index < -0.39 is 72.3 Å². The molecule has 44 heavy (non-hydrogen) atoms. The third-order valence-electron chi connectivity index (χ3n) is 6.90. The van der Waals surface area contributed by atoms with Crippen LogP contribution in [0.4, 0.5) is 0 Å². The van der Waals surface area contributed by atoms with Crippen LogP contribution in [0.1, 0.15) is 74.1 Å². The average molecular weight is 628 g/mol. The first-order valence-corrected chi connectivity index (χ1v) is 14.9. The van der Waals surface area contributed by atoms with Gasteiger partial charge < -0.3 is 48.9 Å². The fourth-order valence-corrected chi connectivity index (χ4v) is 3.95. The lowest BCUT2D eigenvalue weighted by molar-refractivity contribution is -0.138. The molecule has 0 saturated heterocycles. The minimum atomic E-state index is -1.26. The molecule has 0 aliphatic carbocycles. The largest absolute Gasteiger partial charge is 0.480 e. The summed E-state index contributed by atoms with van der Waals surface area (Å²) in [7, 11) is 0. The molecule has 0 rings (SSSR count). The lowest BCUT2D eigenvalue weighted by atomic mass is 9.95. The number of aliphatic imine (C=N–C) groups is 1. The van der Waals surface area contributed by atoms with Crippen LogP contribution in [0.3, 0.4) is 0 Å². The monoisotopic (exact) mass is 627 g/mol. The summed E-state index contributed by atoms with van der Waals surface area (Å²) in [4.78, 5) is 79.5. The van der Waals surface area contributed by atoms with Gasteiger partial charge in [-0.05, 0) is 43.9 Å². The molecular weight excluding hydrogens is 574 g/mol. The molecule has 0 aromatic heterocycles. The van der Waals surface area contributed by atoms with Crippen molar-refractivity contribution in [2.24, 2.45) is 39.9 Å². The van der Waals surface area contributed by atoms with Gasteiger partial charge in [0.25, 0.3) is 0 Å². The van der Waals surface area contributed by atoms with Crippen LogP contribution in [0, 0.1) is 17.8 Å². The molecule has 0 aromatic rings. The Kier molecular flexibility index (Phi) is 18.3. The highest BCUT2D eigenvalue weighted by molar-refractivity contribution is 5.96. The van der Waals surface area contributed by atoms with Crippen molar-refractivity contribution in [1.82, 2.24) is 26.6 Å². The molecule has 0 heterocycles. The molecule has 6 atom stereocenters. The predicted octanol–water partition coefficient (Wildman–Crippen LogP) is -1.72. The molecule has 0 saturated carbocycles. The number of nitrogens with zero attached hydrogens (tertiary/aromatic N) is 1. The second-order valence-corrected chi connectivity index (χ2v) is 11.7. The van der Waals surface area contributed by atoms with Crippen LogP contribution >= 0.6 is 0 Å². The number of rotatable bonds is 20. The van der Waals surface area contributed by atoms with Gasteiger partial charge in [-0.2, -0.15) is 0 Å². The number of aliphatic carboxylic acids is 1. The zero-order valence-electron chi connectivity index (χ0n) is 26.9. The van der Waals surface area contributed by atoms with Gasteiger partial charge in [-0.25, -0.2) is 0 Å². The van der Waals surface area contributed by atoms with E-state index in [1.165, 1.54) is 6.92 Å². The van der Waals surface area contributed by atoms with Crippen LogP contribution in [-0.4, -0.2) is 89.9 Å². The van der Waals surface area contributed by atoms with Gasteiger partial charge >= 0.3 is 5.97 Å². The number of carboxylic acids is 1. The quantitative estimate of drug-likeness (QED) is 0.0418. The number of nitrogens with one attached hydrogen (secondary N) is 5. The van der Waals surface area contributed by atoms with Gasteiger partial charge in [0.05, 0.1) is 6.04 Å². The summed E-state index contributed by atoms with van der Waals surface area (Å²) in [6.07, 6.45) is 1.19. The molecule has 0 spiro atoms. The Morgan fingerprint density at radius 3 is 1.86 bits per heavy atom. The van der Waals surface area contributed by atoms with Crippen molar-refractivity contribution in [2.45, 2.75) is 104 Å². The van der Waals surface area contributed by atoms with Gasteiger partial charge in [0.2, 0.25) is 29.5 Å². The van der Waals surface area contributed by atoms with Crippen molar-refractivity contribution in [2.75, 3.05) is 13.1 Å². The van der Waals surface area contributed by atoms with Crippen molar-refractivity contribution in [3.63, 3.8) is 0 Å². The van der Waals surface area contributed by atoms with Crippen molar-refractivity contribution >= 4 is 41.5 Å². The Morgan fingerprint density at radius 2 is 1.36 bits per heavy atom. The maximum absolute atomic E-state index is 13.3. The molecule has 0 fully saturated rings. The van der Waals surface area contributed by atoms with Crippen molar-refractivity contribution in [3.05, 3.63) is 0 Å². The van der Waals surface area contributed by atoms with E-state index in [0.29, 0.717) is 12.8 Å². The van der Waals surface area contributed by atoms with Crippen LogP contribution in [0.25, 0.3) is 0 Å². The third-order valence-corrected chi connectivity index (χ3v) is 6.90. The number of carboxylic acid groups (broad SMARTS) is 1. The average Bonchev–Trinajstić information content (AvgIpc) is 2.93. The van der Waals surface area contributed by atoms with Crippen LogP contribution in [0.5, 0.6) is 0 Å². The molecule has 16 heteroatoms. The summed E-state index contributed by atoms with van der Waals surface area (Å²) < 4.78 is 0. The van der Waals surface area contributed by atoms with Crippen LogP contribution in [0.2, 0.25) is 0 Å². The van der Waals surface area contributed by atoms with Gasteiger partial charge in [-0.15, -0.1) is 0 Å². The number of carbonyl (C=O) groups is 6. The van der Waals surface area contributed by atoms with Crippen molar-refractivity contribution < 1.29 is 33.9 Å². The molecular formula is C28H53N9O7. The SMILES string of the molecule is CC[C@H](C)[C@H](NC(=O)[C@@H](N)C(C)C)C(=O)N[C@@H](CC(C)C)C(=O)N[C@@H](C)C(=O)N[C@@H](CCCN=C(N)N)C(=O)NCC(=O)O. The molecule has 5 amide bonds. The highest BCUT2D eigenvalue weighted by Gasteiger charge is 2.33. The Labute approximate surface area is 259 Å². The summed E-state index contributed by atoms with van der Waals surface area (Å²) in [5.74, 6) is -4.95. The maximum atomic E-state index is 13.3. The lowest BCUT2D eigenvalue weighted by Crippen LogP contribution is -2.60. The van der Waals surface area contributed by atoms with Crippen LogP contribution in [-0.2, 0) is 28.8 Å². The van der Waals surface area contributed by atoms with Crippen LogP contribution < -0.4 is 43.8 Å². The highest BCUT2D eigenvalue weighted by Crippen LogP contribution is 2.12. The smallest absolute Gasteiger partial charge is 0.322 e. The second kappa shape index (κ2) is 20.1. The topological polar surface area (TPSA) is 273 Å². The minimum Gasteiger partial charge on any atom is -0.480 e. The number of nitrogens with two attached hydrogens (primary N) is 3. The number of carbonyl (C=O) groups excluding carboxylic acids is 5. The zero-order valence-corrected chi connectivity index (χ0v) is 26.9. The Hall–Kier alpha value is -3.95. The summed E-state index contributed by atoms with van der Waals surface area (Å²) in [6.45, 7) is 11.9. The normalized spacial score (nSPS) is 15.1. The van der Waals surface area contributed by atoms with E-state index >= 15 is 0 Å². The van der Waals surface area contributed by atoms with E-state index in [1.807, 2.05) is 20.8 Å².